The molecule has 2 aromatic rings. The molecular weight excluding hydrogens is 244 g/mol. The number of hydrogen-bond donors (Lipinski definition) is 1. The van der Waals surface area contributed by atoms with Gasteiger partial charge in [-0.15, -0.1) is 0 Å². The monoisotopic (exact) mass is 268 g/mol. The molecule has 1 fully saturated rings. The van der Waals surface area contributed by atoms with Crippen molar-refractivity contribution in [2.45, 2.75) is 44.6 Å². The van der Waals surface area contributed by atoms with Crippen molar-refractivity contribution in [3.05, 3.63) is 42.2 Å². The van der Waals surface area contributed by atoms with Crippen LogP contribution >= 0.6 is 0 Å². The van der Waals surface area contributed by atoms with Crippen LogP contribution < -0.4 is 5.32 Å². The fourth-order valence-electron chi connectivity index (χ4n) is 3.68. The van der Waals surface area contributed by atoms with Gasteiger partial charge in [-0.2, -0.15) is 0 Å². The van der Waals surface area contributed by atoms with E-state index < -0.39 is 0 Å². The van der Waals surface area contributed by atoms with Crippen LogP contribution in [0.1, 0.15) is 50.1 Å². The maximum absolute atomic E-state index is 4.46. The number of benzene rings is 1. The lowest BCUT2D eigenvalue weighted by molar-refractivity contribution is 0.343. The second kappa shape index (κ2) is 6.36. The molecule has 1 aromatic carbocycles. The third-order valence-corrected chi connectivity index (χ3v) is 4.72. The maximum atomic E-state index is 4.46. The lowest BCUT2D eigenvalue weighted by atomic mass is 9.86. The van der Waals surface area contributed by atoms with E-state index in [2.05, 4.69) is 47.8 Å². The van der Waals surface area contributed by atoms with Crippen molar-refractivity contribution in [1.82, 2.24) is 10.3 Å². The van der Waals surface area contributed by atoms with Gasteiger partial charge in [-0.3, -0.25) is 4.98 Å². The van der Waals surface area contributed by atoms with E-state index >= 15 is 0 Å². The highest BCUT2D eigenvalue weighted by Gasteiger charge is 2.24. The molecule has 1 atom stereocenters. The highest BCUT2D eigenvalue weighted by atomic mass is 14.9. The fourth-order valence-corrected chi connectivity index (χ4v) is 3.68. The van der Waals surface area contributed by atoms with E-state index in [1.807, 2.05) is 6.20 Å². The average molecular weight is 268 g/mol. The van der Waals surface area contributed by atoms with Gasteiger partial charge >= 0.3 is 0 Å². The molecule has 0 saturated heterocycles. The Morgan fingerprint density at radius 3 is 2.55 bits per heavy atom. The predicted octanol–water partition coefficient (Wildman–Crippen LogP) is 4.47. The van der Waals surface area contributed by atoms with Crippen LogP contribution in [-0.2, 0) is 0 Å². The second-order valence-corrected chi connectivity index (χ2v) is 5.97. The second-order valence-electron chi connectivity index (χ2n) is 5.97. The van der Waals surface area contributed by atoms with Crippen LogP contribution in [-0.4, -0.2) is 12.0 Å². The van der Waals surface area contributed by atoms with E-state index in [9.17, 15) is 0 Å². The van der Waals surface area contributed by atoms with E-state index in [0.717, 1.165) is 5.92 Å². The summed E-state index contributed by atoms with van der Waals surface area (Å²) >= 11 is 0. The first-order chi connectivity index (χ1) is 9.90. The molecule has 1 N–H and O–H groups in total. The van der Waals surface area contributed by atoms with Gasteiger partial charge in [0.05, 0.1) is 0 Å². The minimum absolute atomic E-state index is 0.437. The summed E-state index contributed by atoms with van der Waals surface area (Å²) in [6.07, 6.45) is 12.3. The Morgan fingerprint density at radius 2 is 1.80 bits per heavy atom. The third kappa shape index (κ3) is 2.71. The number of hydrogen-bond acceptors (Lipinski definition) is 2. The van der Waals surface area contributed by atoms with E-state index in [1.165, 1.54) is 54.9 Å². The summed E-state index contributed by atoms with van der Waals surface area (Å²) < 4.78 is 0. The van der Waals surface area contributed by atoms with Crippen molar-refractivity contribution in [2.75, 3.05) is 7.05 Å². The molecule has 3 rings (SSSR count). The van der Waals surface area contributed by atoms with Crippen LogP contribution in [0, 0.1) is 5.92 Å². The van der Waals surface area contributed by atoms with E-state index in [1.54, 1.807) is 0 Å². The Balaban J connectivity index is 1.98. The molecule has 1 heterocycles. The summed E-state index contributed by atoms with van der Waals surface area (Å²) in [7, 11) is 2.09. The molecule has 20 heavy (non-hydrogen) atoms. The van der Waals surface area contributed by atoms with Crippen molar-refractivity contribution in [3.8, 4) is 0 Å². The number of nitrogens with zero attached hydrogens (tertiary/aromatic N) is 1. The van der Waals surface area contributed by atoms with Crippen LogP contribution in [0.25, 0.3) is 10.8 Å². The summed E-state index contributed by atoms with van der Waals surface area (Å²) in [5.74, 6) is 0.745. The van der Waals surface area contributed by atoms with Crippen molar-refractivity contribution < 1.29 is 0 Å². The van der Waals surface area contributed by atoms with Gasteiger partial charge in [0.15, 0.2) is 0 Å². The van der Waals surface area contributed by atoms with Crippen LogP contribution in [0.5, 0.6) is 0 Å². The standard InChI is InChI=1S/C18H24N2/c1-19-18(14-8-4-2-3-5-9-14)17-13-20-12-15-10-6-7-11-16(15)17/h6-7,10-14,18-19H,2-5,8-9H2,1H3. The summed E-state index contributed by atoms with van der Waals surface area (Å²) in [5, 5.41) is 6.17. The average Bonchev–Trinajstić information content (AvgIpc) is 2.78. The van der Waals surface area contributed by atoms with Crippen molar-refractivity contribution in [3.63, 3.8) is 0 Å². The van der Waals surface area contributed by atoms with Crippen LogP contribution in [0.15, 0.2) is 36.7 Å². The molecule has 0 radical (unpaired) electrons. The van der Waals surface area contributed by atoms with Crippen molar-refractivity contribution in [2.24, 2.45) is 5.92 Å². The van der Waals surface area contributed by atoms with Crippen LogP contribution in [0.2, 0.25) is 0 Å². The van der Waals surface area contributed by atoms with E-state index in [4.69, 9.17) is 0 Å². The molecule has 1 aromatic heterocycles. The molecule has 0 bridgehead atoms. The quantitative estimate of drug-likeness (QED) is 0.831. The number of nitrogens with one attached hydrogen (secondary N) is 1. The molecule has 1 aliphatic rings. The maximum Gasteiger partial charge on any atom is 0.0367 e. The smallest absolute Gasteiger partial charge is 0.0367 e. The van der Waals surface area contributed by atoms with Gasteiger partial charge in [0.25, 0.3) is 0 Å². The number of fused-ring (bicyclic) bond motifs is 1. The Hall–Kier alpha value is -1.41. The largest absolute Gasteiger partial charge is 0.313 e. The van der Waals surface area contributed by atoms with E-state index in [-0.39, 0.29) is 0 Å². The summed E-state index contributed by atoms with van der Waals surface area (Å²) in [6.45, 7) is 0. The molecule has 0 spiro atoms. The van der Waals surface area contributed by atoms with Gasteiger partial charge in [-0.1, -0.05) is 49.9 Å². The molecule has 1 saturated carbocycles. The predicted molar refractivity (Wildman–Crippen MR) is 84.7 cm³/mol. The first-order valence-electron chi connectivity index (χ1n) is 7.90. The van der Waals surface area contributed by atoms with Gasteiger partial charge in [0, 0.05) is 23.8 Å². The van der Waals surface area contributed by atoms with Gasteiger partial charge in [0.2, 0.25) is 0 Å². The summed E-state index contributed by atoms with van der Waals surface area (Å²) in [4.78, 5) is 4.46. The lowest BCUT2D eigenvalue weighted by Gasteiger charge is -2.27. The Labute approximate surface area is 121 Å². The minimum Gasteiger partial charge on any atom is -0.313 e. The highest BCUT2D eigenvalue weighted by molar-refractivity contribution is 5.85. The zero-order chi connectivity index (χ0) is 13.8. The Kier molecular flexibility index (Phi) is 4.31. The first kappa shape index (κ1) is 13.6. The number of pyridine rings is 1. The Morgan fingerprint density at radius 1 is 1.05 bits per heavy atom. The zero-order valence-electron chi connectivity index (χ0n) is 12.3. The minimum atomic E-state index is 0.437. The van der Waals surface area contributed by atoms with Crippen molar-refractivity contribution in [1.29, 1.82) is 0 Å². The molecule has 0 amide bonds. The molecular formula is C18H24N2. The zero-order valence-corrected chi connectivity index (χ0v) is 12.3. The lowest BCUT2D eigenvalue weighted by Crippen LogP contribution is -2.25. The number of rotatable bonds is 3. The molecule has 0 aliphatic heterocycles. The molecule has 2 heteroatoms. The number of aromatic nitrogens is 1. The molecule has 1 aliphatic carbocycles. The van der Waals surface area contributed by atoms with Gasteiger partial charge in [-0.25, -0.2) is 0 Å². The summed E-state index contributed by atoms with van der Waals surface area (Å²) in [6, 6.07) is 9.05. The molecule has 106 valence electrons. The van der Waals surface area contributed by atoms with Gasteiger partial charge in [0.1, 0.15) is 0 Å². The van der Waals surface area contributed by atoms with Gasteiger partial charge < -0.3 is 5.32 Å². The topological polar surface area (TPSA) is 24.9 Å². The first-order valence-corrected chi connectivity index (χ1v) is 7.90. The van der Waals surface area contributed by atoms with Crippen LogP contribution in [0.4, 0.5) is 0 Å². The molecule has 1 unspecified atom stereocenters. The third-order valence-electron chi connectivity index (χ3n) is 4.72. The van der Waals surface area contributed by atoms with E-state index in [0.29, 0.717) is 6.04 Å². The summed E-state index contributed by atoms with van der Waals surface area (Å²) in [5.41, 5.74) is 1.37. The van der Waals surface area contributed by atoms with Gasteiger partial charge in [-0.05, 0) is 36.8 Å². The SMILES string of the molecule is CNC(c1cncc2ccccc12)C1CCCCCC1. The highest BCUT2D eigenvalue weighted by Crippen LogP contribution is 2.35. The fraction of sp³-hybridized carbons (Fsp3) is 0.500. The normalized spacial score (nSPS) is 18.9. The Bertz CT molecular complexity index is 551. The van der Waals surface area contributed by atoms with Crippen LogP contribution in [0.3, 0.4) is 0 Å². The van der Waals surface area contributed by atoms with Crippen molar-refractivity contribution >= 4 is 10.8 Å². The molecule has 2 nitrogen and oxygen atoms in total.